The lowest BCUT2D eigenvalue weighted by Gasteiger charge is -2.27. The molecule has 0 amide bonds. The van der Waals surface area contributed by atoms with E-state index in [-0.39, 0.29) is 16.7 Å². The zero-order valence-electron chi connectivity index (χ0n) is 13.9. The summed E-state index contributed by atoms with van der Waals surface area (Å²) in [6, 6.07) is 13.2. The van der Waals surface area contributed by atoms with Crippen LogP contribution in [0.15, 0.2) is 42.5 Å². The van der Waals surface area contributed by atoms with E-state index in [1.807, 2.05) is 18.2 Å². The van der Waals surface area contributed by atoms with Crippen molar-refractivity contribution in [3.05, 3.63) is 58.1 Å². The molecule has 130 valence electrons. The van der Waals surface area contributed by atoms with Gasteiger partial charge in [0.15, 0.2) is 11.5 Å². The van der Waals surface area contributed by atoms with Crippen LogP contribution in [-0.4, -0.2) is 24.7 Å². The van der Waals surface area contributed by atoms with Crippen LogP contribution in [0.4, 0.5) is 11.4 Å². The summed E-state index contributed by atoms with van der Waals surface area (Å²) >= 11 is 0. The van der Waals surface area contributed by atoms with Crippen LogP contribution in [0.2, 0.25) is 0 Å². The van der Waals surface area contributed by atoms with Crippen LogP contribution in [0.5, 0.6) is 11.5 Å². The molecule has 1 atom stereocenters. The Morgan fingerprint density at radius 3 is 2.52 bits per heavy atom. The number of nitrogens with zero attached hydrogens (tertiary/aromatic N) is 2. The second-order valence-corrected chi connectivity index (χ2v) is 6.38. The number of non-ortho nitro benzene ring substituents is 1. The molecule has 4 rings (SSSR count). The van der Waals surface area contributed by atoms with Crippen LogP contribution in [0, 0.1) is 10.1 Å². The van der Waals surface area contributed by atoms with Gasteiger partial charge in [-0.05, 0) is 42.7 Å². The first-order chi connectivity index (χ1) is 12.2. The molecule has 0 aromatic heterocycles. The van der Waals surface area contributed by atoms with Gasteiger partial charge < -0.3 is 14.4 Å². The van der Waals surface area contributed by atoms with Crippen LogP contribution in [0.3, 0.4) is 0 Å². The zero-order valence-corrected chi connectivity index (χ0v) is 13.9. The molecule has 2 aromatic rings. The van der Waals surface area contributed by atoms with Gasteiger partial charge in [0.1, 0.15) is 0 Å². The van der Waals surface area contributed by atoms with Crippen molar-refractivity contribution in [2.75, 3.05) is 24.7 Å². The van der Waals surface area contributed by atoms with Gasteiger partial charge in [-0.15, -0.1) is 0 Å². The Hall–Kier alpha value is -2.76. The Balaban J connectivity index is 1.61. The molecule has 25 heavy (non-hydrogen) atoms. The molecule has 0 bridgehead atoms. The number of rotatable bonds is 3. The topological polar surface area (TPSA) is 64.8 Å². The quantitative estimate of drug-likeness (QED) is 0.622. The Morgan fingerprint density at radius 1 is 1.00 bits per heavy atom. The highest BCUT2D eigenvalue weighted by Crippen LogP contribution is 2.40. The molecular formula is C19H20N2O4. The summed E-state index contributed by atoms with van der Waals surface area (Å²) in [5.74, 6) is 1.62. The van der Waals surface area contributed by atoms with Crippen LogP contribution in [-0.2, 0) is 0 Å². The highest BCUT2D eigenvalue weighted by Gasteiger charge is 2.27. The summed E-state index contributed by atoms with van der Waals surface area (Å²) in [5, 5.41) is 10.9. The third-order valence-corrected chi connectivity index (χ3v) is 4.80. The Bertz CT molecular complexity index is 775. The van der Waals surface area contributed by atoms with Crippen molar-refractivity contribution in [1.82, 2.24) is 0 Å². The van der Waals surface area contributed by atoms with E-state index in [0.29, 0.717) is 13.2 Å². The third-order valence-electron chi connectivity index (χ3n) is 4.80. The van der Waals surface area contributed by atoms with E-state index in [0.717, 1.165) is 43.0 Å². The Labute approximate surface area is 146 Å². The molecule has 0 spiro atoms. The highest BCUT2D eigenvalue weighted by molar-refractivity contribution is 5.55. The van der Waals surface area contributed by atoms with E-state index in [1.165, 1.54) is 5.56 Å². The Kier molecular flexibility index (Phi) is 4.17. The number of hydrogen-bond acceptors (Lipinski definition) is 5. The predicted octanol–water partition coefficient (Wildman–Crippen LogP) is 4.10. The lowest BCUT2D eigenvalue weighted by molar-refractivity contribution is -0.384. The van der Waals surface area contributed by atoms with Crippen molar-refractivity contribution >= 4 is 11.4 Å². The molecule has 6 heteroatoms. The normalized spacial score (nSPS) is 19.5. The van der Waals surface area contributed by atoms with Crippen molar-refractivity contribution in [3.63, 3.8) is 0 Å². The average molecular weight is 340 g/mol. The molecule has 6 nitrogen and oxygen atoms in total. The van der Waals surface area contributed by atoms with Gasteiger partial charge in [0.25, 0.3) is 5.69 Å². The molecule has 0 radical (unpaired) electrons. The van der Waals surface area contributed by atoms with Crippen LogP contribution in [0.25, 0.3) is 0 Å². The minimum absolute atomic E-state index is 0.120. The van der Waals surface area contributed by atoms with E-state index < -0.39 is 0 Å². The first kappa shape index (κ1) is 15.7. The minimum Gasteiger partial charge on any atom is -0.490 e. The SMILES string of the molecule is O=[N+]([O-])c1ccc(N2CCC[C@@H]2c2ccc3c(c2)OCCCO3)cc1. The fraction of sp³-hybridized carbons (Fsp3) is 0.368. The number of ether oxygens (including phenoxy) is 2. The summed E-state index contributed by atoms with van der Waals surface area (Å²) in [6.45, 7) is 2.30. The monoisotopic (exact) mass is 340 g/mol. The summed E-state index contributed by atoms with van der Waals surface area (Å²) in [7, 11) is 0. The second kappa shape index (κ2) is 6.63. The van der Waals surface area contributed by atoms with Crippen molar-refractivity contribution < 1.29 is 14.4 Å². The summed E-state index contributed by atoms with van der Waals surface area (Å²) in [4.78, 5) is 12.8. The molecule has 2 aromatic carbocycles. The fourth-order valence-electron chi connectivity index (χ4n) is 3.58. The van der Waals surface area contributed by atoms with E-state index in [9.17, 15) is 10.1 Å². The maximum Gasteiger partial charge on any atom is 0.269 e. The average Bonchev–Trinajstić information content (AvgIpc) is 3.00. The van der Waals surface area contributed by atoms with Crippen molar-refractivity contribution in [2.24, 2.45) is 0 Å². The molecular weight excluding hydrogens is 320 g/mol. The van der Waals surface area contributed by atoms with E-state index in [4.69, 9.17) is 9.47 Å². The largest absolute Gasteiger partial charge is 0.490 e. The van der Waals surface area contributed by atoms with Gasteiger partial charge in [0, 0.05) is 30.8 Å². The number of nitro benzene ring substituents is 1. The molecule has 1 fully saturated rings. The smallest absolute Gasteiger partial charge is 0.269 e. The molecule has 0 unspecified atom stereocenters. The lowest BCUT2D eigenvalue weighted by atomic mass is 10.0. The third kappa shape index (κ3) is 3.12. The summed E-state index contributed by atoms with van der Waals surface area (Å²) in [5.41, 5.74) is 2.33. The van der Waals surface area contributed by atoms with E-state index in [2.05, 4.69) is 17.0 Å². The summed E-state index contributed by atoms with van der Waals surface area (Å²) < 4.78 is 11.5. The van der Waals surface area contributed by atoms with E-state index in [1.54, 1.807) is 12.1 Å². The number of anilines is 1. The van der Waals surface area contributed by atoms with Gasteiger partial charge in [-0.25, -0.2) is 0 Å². The van der Waals surface area contributed by atoms with Gasteiger partial charge in [0.05, 0.1) is 24.2 Å². The second-order valence-electron chi connectivity index (χ2n) is 6.38. The molecule has 1 saturated heterocycles. The lowest BCUT2D eigenvalue weighted by Crippen LogP contribution is -2.22. The molecule has 2 heterocycles. The number of fused-ring (bicyclic) bond motifs is 1. The van der Waals surface area contributed by atoms with Gasteiger partial charge in [-0.2, -0.15) is 0 Å². The summed E-state index contributed by atoms with van der Waals surface area (Å²) in [6.07, 6.45) is 3.04. The molecule has 0 saturated carbocycles. The van der Waals surface area contributed by atoms with Gasteiger partial charge >= 0.3 is 0 Å². The van der Waals surface area contributed by atoms with Crippen molar-refractivity contribution in [2.45, 2.75) is 25.3 Å². The van der Waals surface area contributed by atoms with Gasteiger partial charge in [-0.3, -0.25) is 10.1 Å². The molecule has 2 aliphatic heterocycles. The van der Waals surface area contributed by atoms with Crippen molar-refractivity contribution in [3.8, 4) is 11.5 Å². The maximum absolute atomic E-state index is 10.9. The van der Waals surface area contributed by atoms with Crippen LogP contribution in [0.1, 0.15) is 30.9 Å². The van der Waals surface area contributed by atoms with E-state index >= 15 is 0 Å². The molecule has 0 N–H and O–H groups in total. The van der Waals surface area contributed by atoms with Crippen molar-refractivity contribution in [1.29, 1.82) is 0 Å². The first-order valence-corrected chi connectivity index (χ1v) is 8.63. The standard InChI is InChI=1S/C19H20N2O4/c22-21(23)16-7-5-15(6-8-16)20-10-1-3-17(20)14-4-9-18-19(13-14)25-12-2-11-24-18/h4-9,13,17H,1-3,10-12H2/t17-/m1/s1. The first-order valence-electron chi connectivity index (χ1n) is 8.63. The predicted molar refractivity (Wildman–Crippen MR) is 94.5 cm³/mol. The van der Waals surface area contributed by atoms with Crippen LogP contribution < -0.4 is 14.4 Å². The molecule has 0 aliphatic carbocycles. The fourth-order valence-corrected chi connectivity index (χ4v) is 3.58. The number of benzene rings is 2. The highest BCUT2D eigenvalue weighted by atomic mass is 16.6. The zero-order chi connectivity index (χ0) is 17.2. The Morgan fingerprint density at radius 2 is 1.76 bits per heavy atom. The van der Waals surface area contributed by atoms with Gasteiger partial charge in [0.2, 0.25) is 0 Å². The van der Waals surface area contributed by atoms with Gasteiger partial charge in [-0.1, -0.05) is 6.07 Å². The van der Waals surface area contributed by atoms with Crippen LogP contribution >= 0.6 is 0 Å². The minimum atomic E-state index is -0.366. The number of hydrogen-bond donors (Lipinski definition) is 0. The maximum atomic E-state index is 10.9. The molecule has 2 aliphatic rings. The number of nitro groups is 1.